The summed E-state index contributed by atoms with van der Waals surface area (Å²) in [6.07, 6.45) is 0. The molecule has 2 aromatic rings. The Labute approximate surface area is 106 Å². The molecule has 0 saturated carbocycles. The summed E-state index contributed by atoms with van der Waals surface area (Å²) < 4.78 is 0.830. The van der Waals surface area contributed by atoms with Crippen LogP contribution < -0.4 is 0 Å². The lowest BCUT2D eigenvalue weighted by molar-refractivity contribution is 0.104. The van der Waals surface area contributed by atoms with Gasteiger partial charge in [0.05, 0.1) is 16.3 Å². The summed E-state index contributed by atoms with van der Waals surface area (Å²) in [6, 6.07) is 3.64. The second-order valence-corrected chi connectivity index (χ2v) is 5.18. The van der Waals surface area contributed by atoms with Gasteiger partial charge in [0.15, 0.2) is 0 Å². The number of aromatic nitrogens is 2. The molecule has 0 aliphatic heterocycles. The van der Waals surface area contributed by atoms with Gasteiger partial charge in [-0.05, 0) is 47.3 Å². The Morgan fingerprint density at radius 3 is 2.75 bits per heavy atom. The third kappa shape index (κ3) is 2.05. The van der Waals surface area contributed by atoms with Crippen molar-refractivity contribution in [2.45, 2.75) is 13.8 Å². The summed E-state index contributed by atoms with van der Waals surface area (Å²) in [5, 5.41) is 9.76. The van der Waals surface area contributed by atoms with Crippen LogP contribution >= 0.6 is 27.3 Å². The zero-order valence-corrected chi connectivity index (χ0v) is 11.2. The van der Waals surface area contributed by atoms with Crippen molar-refractivity contribution in [2.75, 3.05) is 0 Å². The second-order valence-electron chi connectivity index (χ2n) is 3.41. The monoisotopic (exact) mass is 296 g/mol. The average Bonchev–Trinajstić information content (AvgIpc) is 2.67. The Kier molecular flexibility index (Phi) is 3.16. The van der Waals surface area contributed by atoms with Crippen LogP contribution in [0.4, 0.5) is 0 Å². The predicted octanol–water partition coefficient (Wildman–Crippen LogP) is 3.15. The topological polar surface area (TPSA) is 42.9 Å². The SMILES string of the molecule is Cc1cc(C(=O)c2sccc2Br)c(C)nn1. The highest BCUT2D eigenvalue weighted by atomic mass is 79.9. The van der Waals surface area contributed by atoms with Gasteiger partial charge in [-0.2, -0.15) is 10.2 Å². The van der Waals surface area contributed by atoms with Crippen molar-refractivity contribution >= 4 is 33.0 Å². The first-order chi connectivity index (χ1) is 7.59. The Balaban J connectivity index is 2.49. The number of hydrogen-bond donors (Lipinski definition) is 0. The van der Waals surface area contributed by atoms with Gasteiger partial charge in [0.2, 0.25) is 5.78 Å². The maximum atomic E-state index is 12.2. The zero-order chi connectivity index (χ0) is 11.7. The quantitative estimate of drug-likeness (QED) is 0.800. The van der Waals surface area contributed by atoms with E-state index < -0.39 is 0 Å². The lowest BCUT2D eigenvalue weighted by Gasteiger charge is -2.03. The number of ketones is 1. The van der Waals surface area contributed by atoms with Gasteiger partial charge in [0.25, 0.3) is 0 Å². The van der Waals surface area contributed by atoms with Gasteiger partial charge in [-0.1, -0.05) is 0 Å². The van der Waals surface area contributed by atoms with Crippen molar-refractivity contribution < 1.29 is 4.79 Å². The largest absolute Gasteiger partial charge is 0.288 e. The molecule has 0 aliphatic rings. The molecule has 82 valence electrons. The fourth-order valence-corrected chi connectivity index (χ4v) is 2.86. The van der Waals surface area contributed by atoms with Crippen LogP contribution in [0.3, 0.4) is 0 Å². The number of halogens is 1. The first-order valence-electron chi connectivity index (χ1n) is 4.68. The van der Waals surface area contributed by atoms with Crippen molar-refractivity contribution in [3.63, 3.8) is 0 Å². The van der Waals surface area contributed by atoms with Crippen molar-refractivity contribution in [1.29, 1.82) is 0 Å². The molecule has 0 fully saturated rings. The zero-order valence-electron chi connectivity index (χ0n) is 8.82. The molecular weight excluding hydrogens is 288 g/mol. The van der Waals surface area contributed by atoms with E-state index in [4.69, 9.17) is 0 Å². The van der Waals surface area contributed by atoms with Crippen LogP contribution in [0.1, 0.15) is 26.6 Å². The molecule has 2 aromatic heterocycles. The number of carbonyl (C=O) groups excluding carboxylic acids is 1. The highest BCUT2D eigenvalue weighted by Crippen LogP contribution is 2.26. The van der Waals surface area contributed by atoms with Crippen molar-refractivity contribution in [1.82, 2.24) is 10.2 Å². The van der Waals surface area contributed by atoms with Gasteiger partial charge >= 0.3 is 0 Å². The van der Waals surface area contributed by atoms with Crippen molar-refractivity contribution in [3.05, 3.63) is 43.8 Å². The molecule has 0 atom stereocenters. The van der Waals surface area contributed by atoms with E-state index in [2.05, 4.69) is 26.1 Å². The summed E-state index contributed by atoms with van der Waals surface area (Å²) in [7, 11) is 0. The van der Waals surface area contributed by atoms with Crippen LogP contribution in [0.25, 0.3) is 0 Å². The minimum atomic E-state index is -0.00243. The first-order valence-corrected chi connectivity index (χ1v) is 6.35. The average molecular weight is 297 g/mol. The molecule has 0 unspecified atom stereocenters. The van der Waals surface area contributed by atoms with E-state index in [0.717, 1.165) is 10.2 Å². The van der Waals surface area contributed by atoms with E-state index in [9.17, 15) is 4.79 Å². The Bertz CT molecular complexity index is 551. The predicted molar refractivity (Wildman–Crippen MR) is 67.0 cm³/mol. The summed E-state index contributed by atoms with van der Waals surface area (Å²) in [5.74, 6) is -0.00243. The Morgan fingerprint density at radius 1 is 1.38 bits per heavy atom. The third-order valence-electron chi connectivity index (χ3n) is 2.17. The van der Waals surface area contributed by atoms with Gasteiger partial charge in [-0.25, -0.2) is 0 Å². The Hall–Kier alpha value is -1.07. The van der Waals surface area contributed by atoms with E-state index in [0.29, 0.717) is 16.1 Å². The van der Waals surface area contributed by atoms with E-state index in [1.165, 1.54) is 11.3 Å². The number of thiophene rings is 1. The summed E-state index contributed by atoms with van der Waals surface area (Å²) in [4.78, 5) is 12.9. The van der Waals surface area contributed by atoms with Gasteiger partial charge in [-0.15, -0.1) is 11.3 Å². The first kappa shape index (κ1) is 11.4. The molecule has 0 N–H and O–H groups in total. The molecule has 0 amide bonds. The molecule has 0 aliphatic carbocycles. The fourth-order valence-electron chi connectivity index (χ4n) is 1.36. The summed E-state index contributed by atoms with van der Waals surface area (Å²) in [6.45, 7) is 3.62. The summed E-state index contributed by atoms with van der Waals surface area (Å²) >= 11 is 4.78. The fraction of sp³-hybridized carbons (Fsp3) is 0.182. The normalized spacial score (nSPS) is 10.4. The van der Waals surface area contributed by atoms with Crippen LogP contribution in [-0.2, 0) is 0 Å². The molecule has 0 spiro atoms. The van der Waals surface area contributed by atoms with E-state index in [1.54, 1.807) is 13.0 Å². The smallest absolute Gasteiger partial charge is 0.206 e. The molecule has 2 heterocycles. The molecule has 5 heteroatoms. The lowest BCUT2D eigenvalue weighted by Crippen LogP contribution is -2.06. The van der Waals surface area contributed by atoms with Gasteiger partial charge < -0.3 is 0 Å². The maximum absolute atomic E-state index is 12.2. The van der Waals surface area contributed by atoms with Gasteiger partial charge in [-0.3, -0.25) is 4.79 Å². The van der Waals surface area contributed by atoms with Crippen LogP contribution in [0.5, 0.6) is 0 Å². The number of hydrogen-bond acceptors (Lipinski definition) is 4. The highest BCUT2D eigenvalue weighted by Gasteiger charge is 2.17. The second kappa shape index (κ2) is 4.43. The molecule has 3 nitrogen and oxygen atoms in total. The van der Waals surface area contributed by atoms with Gasteiger partial charge in [0, 0.05) is 10.0 Å². The van der Waals surface area contributed by atoms with Crippen LogP contribution in [0.2, 0.25) is 0 Å². The van der Waals surface area contributed by atoms with E-state index >= 15 is 0 Å². The number of aryl methyl sites for hydroxylation is 2. The minimum Gasteiger partial charge on any atom is -0.288 e. The van der Waals surface area contributed by atoms with Crippen LogP contribution in [0.15, 0.2) is 22.0 Å². The standard InChI is InChI=1S/C11H9BrN2OS/c1-6-5-8(7(2)14-13-6)10(15)11-9(12)3-4-16-11/h3-5H,1-2H3. The lowest BCUT2D eigenvalue weighted by atomic mass is 10.1. The van der Waals surface area contributed by atoms with E-state index in [1.807, 2.05) is 18.4 Å². The molecule has 0 radical (unpaired) electrons. The molecule has 2 rings (SSSR count). The maximum Gasteiger partial charge on any atom is 0.206 e. The molecule has 0 bridgehead atoms. The van der Waals surface area contributed by atoms with Crippen molar-refractivity contribution in [3.8, 4) is 0 Å². The molecule has 0 saturated heterocycles. The van der Waals surface area contributed by atoms with E-state index in [-0.39, 0.29) is 5.78 Å². The summed E-state index contributed by atoms with van der Waals surface area (Å²) in [5.41, 5.74) is 2.04. The number of carbonyl (C=O) groups is 1. The highest BCUT2D eigenvalue weighted by molar-refractivity contribution is 9.10. The Morgan fingerprint density at radius 2 is 2.12 bits per heavy atom. The number of nitrogens with zero attached hydrogens (tertiary/aromatic N) is 2. The van der Waals surface area contributed by atoms with Crippen molar-refractivity contribution in [2.24, 2.45) is 0 Å². The number of rotatable bonds is 2. The molecular formula is C11H9BrN2OS. The molecule has 0 aromatic carbocycles. The third-order valence-corrected chi connectivity index (χ3v) is 4.01. The van der Waals surface area contributed by atoms with Gasteiger partial charge in [0.1, 0.15) is 0 Å². The van der Waals surface area contributed by atoms with Crippen LogP contribution in [-0.4, -0.2) is 16.0 Å². The molecule has 16 heavy (non-hydrogen) atoms. The van der Waals surface area contributed by atoms with Crippen LogP contribution in [0, 0.1) is 13.8 Å². The minimum absolute atomic E-state index is 0.00243.